The highest BCUT2D eigenvalue weighted by molar-refractivity contribution is 6.58. The van der Waals surface area contributed by atoms with Gasteiger partial charge in [0.25, 0.3) is 0 Å². The topological polar surface area (TPSA) is 145 Å². The van der Waals surface area contributed by atoms with E-state index in [1.165, 1.54) is 43.5 Å². The van der Waals surface area contributed by atoms with Gasteiger partial charge in [0.15, 0.2) is 11.5 Å². The van der Waals surface area contributed by atoms with E-state index in [4.69, 9.17) is 16.3 Å². The number of imide groups is 2. The smallest absolute Gasteiger partial charge is 0.488 e. The summed E-state index contributed by atoms with van der Waals surface area (Å²) in [4.78, 5) is 58.9. The summed E-state index contributed by atoms with van der Waals surface area (Å²) in [6, 6.07) is 14.2. The van der Waals surface area contributed by atoms with Crippen LogP contribution in [0.25, 0.3) is 0 Å². The maximum atomic E-state index is 14.5. The van der Waals surface area contributed by atoms with Crippen molar-refractivity contribution in [2.45, 2.75) is 25.7 Å². The minimum atomic E-state index is -1.80. The number of hydrogen-bond acceptors (Lipinski definition) is 8. The monoisotopic (exact) mass is 658 g/mol. The first-order valence-electron chi connectivity index (χ1n) is 15.1. The summed E-state index contributed by atoms with van der Waals surface area (Å²) in [5, 5.41) is 29.6. The highest BCUT2D eigenvalue weighted by atomic mass is 35.5. The molecule has 3 N–H and O–H groups in total. The zero-order valence-corrected chi connectivity index (χ0v) is 26.0. The first kappa shape index (κ1) is 31.1. The number of hydrogen-bond donors (Lipinski definition) is 3. The minimum Gasteiger partial charge on any atom is -0.504 e. The van der Waals surface area contributed by atoms with Crippen molar-refractivity contribution >= 4 is 59.2 Å². The third-order valence-corrected chi connectivity index (χ3v) is 10.7. The minimum absolute atomic E-state index is 0.0907. The van der Waals surface area contributed by atoms with Gasteiger partial charge in [-0.15, -0.1) is 0 Å². The van der Waals surface area contributed by atoms with Gasteiger partial charge in [-0.1, -0.05) is 41.4 Å². The van der Waals surface area contributed by atoms with Crippen LogP contribution >= 0.6 is 11.6 Å². The van der Waals surface area contributed by atoms with Crippen LogP contribution < -0.4 is 20.0 Å². The molecule has 2 aliphatic carbocycles. The quantitative estimate of drug-likeness (QED) is 0.215. The van der Waals surface area contributed by atoms with Gasteiger partial charge in [-0.05, 0) is 79.2 Å². The molecule has 1 saturated carbocycles. The van der Waals surface area contributed by atoms with Crippen molar-refractivity contribution in [1.82, 2.24) is 0 Å². The molecule has 2 saturated heterocycles. The first-order valence-corrected chi connectivity index (χ1v) is 15.5. The third kappa shape index (κ3) is 4.46. The predicted octanol–water partition coefficient (Wildman–Crippen LogP) is 3.31. The second-order valence-electron chi connectivity index (χ2n) is 12.7. The maximum Gasteiger partial charge on any atom is 0.488 e. The third-order valence-electron chi connectivity index (χ3n) is 10.4. The van der Waals surface area contributed by atoms with Crippen LogP contribution in [-0.4, -0.2) is 53.0 Å². The number of allylic oxidation sites excluding steroid dienone is 2. The number of aromatic hydroxyl groups is 1. The SMILES string of the molecule is COc1cc([C@H]2C3=CC[C@@H]4C(=O)N(c5cccc(B(O)O)c5)C(=O)[C@@H]4[C@@H]3C[C@H]3C(=O)N(c4ccc(F)c(Cl)c4)C(=O)[C@@]23C)ccc1O. The second-order valence-corrected chi connectivity index (χ2v) is 13.1. The number of phenolic OH excluding ortho intramolecular Hbond substituents is 1. The molecule has 7 rings (SSSR count). The molecule has 0 aromatic heterocycles. The highest BCUT2D eigenvalue weighted by Gasteiger charge is 2.67. The van der Waals surface area contributed by atoms with Crippen molar-refractivity contribution < 1.29 is 43.5 Å². The molecule has 6 atom stereocenters. The number of carbonyl (C=O) groups is 4. The Kier molecular flexibility index (Phi) is 7.30. The number of rotatable bonds is 5. The van der Waals surface area contributed by atoms with Crippen molar-refractivity contribution in [3.63, 3.8) is 0 Å². The van der Waals surface area contributed by atoms with Crippen LogP contribution in [0.2, 0.25) is 5.02 Å². The van der Waals surface area contributed by atoms with Gasteiger partial charge in [-0.25, -0.2) is 9.29 Å². The Morgan fingerprint density at radius 3 is 2.38 bits per heavy atom. The first-order chi connectivity index (χ1) is 22.4. The van der Waals surface area contributed by atoms with Crippen LogP contribution in [-0.2, 0) is 19.2 Å². The van der Waals surface area contributed by atoms with Gasteiger partial charge in [-0.3, -0.25) is 24.1 Å². The number of amides is 4. The van der Waals surface area contributed by atoms with E-state index in [1.54, 1.807) is 25.1 Å². The normalized spacial score (nSPS) is 28.2. The van der Waals surface area contributed by atoms with E-state index in [0.717, 1.165) is 21.4 Å². The van der Waals surface area contributed by atoms with Crippen molar-refractivity contribution in [1.29, 1.82) is 0 Å². The van der Waals surface area contributed by atoms with Crippen LogP contribution in [0.1, 0.15) is 31.2 Å². The fraction of sp³-hybridized carbons (Fsp3) is 0.294. The summed E-state index contributed by atoms with van der Waals surface area (Å²) in [5.41, 5.74) is 0.353. The van der Waals surface area contributed by atoms with Crippen LogP contribution in [0.3, 0.4) is 0 Å². The standard InChI is InChI=1S/C34H29BClFN2O8/c1-34-23(31(42)39(33(34)44)19-7-10-25(37)24(36)14-19)15-22-20(29(34)16-6-11-26(40)27(12-16)47-2)8-9-21-28(22)32(43)38(30(21)41)18-5-3-4-17(13-18)35(45)46/h3-8,10-14,21-23,28-29,40,45-46H,9,15H2,1-2H3/t21-,22+,23-,28-,29-,34+/m0/s1. The molecule has 3 aromatic rings. The average molecular weight is 659 g/mol. The highest BCUT2D eigenvalue weighted by Crippen LogP contribution is 2.64. The molecule has 2 aliphatic heterocycles. The molecule has 47 heavy (non-hydrogen) atoms. The Labute approximate surface area is 274 Å². The number of ether oxygens (including phenoxy) is 1. The van der Waals surface area contributed by atoms with Crippen LogP contribution in [0, 0.1) is 34.9 Å². The predicted molar refractivity (Wildman–Crippen MR) is 169 cm³/mol. The zero-order chi connectivity index (χ0) is 33.5. The molecule has 3 fully saturated rings. The van der Waals surface area contributed by atoms with Gasteiger partial charge in [0, 0.05) is 5.92 Å². The number of benzene rings is 3. The lowest BCUT2D eigenvalue weighted by molar-refractivity contribution is -0.131. The Morgan fingerprint density at radius 2 is 1.68 bits per heavy atom. The molecule has 240 valence electrons. The lowest BCUT2D eigenvalue weighted by Gasteiger charge is -2.49. The number of fused-ring (bicyclic) bond motifs is 4. The summed E-state index contributed by atoms with van der Waals surface area (Å²) in [7, 11) is -0.411. The molecule has 4 amide bonds. The largest absolute Gasteiger partial charge is 0.504 e. The van der Waals surface area contributed by atoms with E-state index in [1.807, 2.05) is 6.08 Å². The molecule has 13 heteroatoms. The number of methoxy groups -OCH3 is 1. The summed E-state index contributed by atoms with van der Waals surface area (Å²) in [6.45, 7) is 1.70. The number of anilines is 2. The van der Waals surface area contributed by atoms with E-state index in [-0.39, 0.29) is 46.2 Å². The summed E-state index contributed by atoms with van der Waals surface area (Å²) in [5.74, 6) is -6.55. The van der Waals surface area contributed by atoms with Gasteiger partial charge in [0.2, 0.25) is 23.6 Å². The van der Waals surface area contributed by atoms with Crippen LogP contribution in [0.15, 0.2) is 72.3 Å². The lowest BCUT2D eigenvalue weighted by Crippen LogP contribution is -2.48. The molecule has 10 nitrogen and oxygen atoms in total. The van der Waals surface area contributed by atoms with Gasteiger partial charge in [-0.2, -0.15) is 0 Å². The zero-order valence-electron chi connectivity index (χ0n) is 25.3. The van der Waals surface area contributed by atoms with E-state index in [2.05, 4.69) is 0 Å². The van der Waals surface area contributed by atoms with E-state index < -0.39 is 71.6 Å². The number of phenols is 1. The van der Waals surface area contributed by atoms with E-state index >= 15 is 0 Å². The molecule has 0 bridgehead atoms. The molecule has 0 spiro atoms. The van der Waals surface area contributed by atoms with Crippen molar-refractivity contribution in [2.75, 3.05) is 16.9 Å². The van der Waals surface area contributed by atoms with E-state index in [9.17, 15) is 38.7 Å². The van der Waals surface area contributed by atoms with Gasteiger partial charge in [0.05, 0.1) is 46.7 Å². The van der Waals surface area contributed by atoms with Crippen molar-refractivity contribution in [2.24, 2.45) is 29.1 Å². The number of carbonyl (C=O) groups excluding carboxylic acids is 4. The maximum absolute atomic E-state index is 14.5. The lowest BCUT2D eigenvalue weighted by atomic mass is 9.51. The molecular weight excluding hydrogens is 630 g/mol. The van der Waals surface area contributed by atoms with E-state index in [0.29, 0.717) is 5.56 Å². The summed E-state index contributed by atoms with van der Waals surface area (Å²) in [6.07, 6.45) is 2.17. The molecule has 3 aromatic carbocycles. The van der Waals surface area contributed by atoms with Crippen LogP contribution in [0.4, 0.5) is 15.8 Å². The Morgan fingerprint density at radius 1 is 0.936 bits per heavy atom. The molecule has 0 unspecified atom stereocenters. The van der Waals surface area contributed by atoms with Gasteiger partial charge in [0.1, 0.15) is 5.82 Å². The number of nitrogens with zero attached hydrogens (tertiary/aromatic N) is 2. The molecule has 2 heterocycles. The molecule has 0 radical (unpaired) electrons. The Hall–Kier alpha value is -4.52. The summed E-state index contributed by atoms with van der Waals surface area (Å²) >= 11 is 6.06. The van der Waals surface area contributed by atoms with Crippen molar-refractivity contribution in [3.05, 3.63) is 88.7 Å². The molecular formula is C34H29BClFN2O8. The molecule has 4 aliphatic rings. The summed E-state index contributed by atoms with van der Waals surface area (Å²) < 4.78 is 19.5. The Bertz CT molecular complexity index is 1920. The number of halogens is 2. The van der Waals surface area contributed by atoms with Gasteiger partial charge >= 0.3 is 7.12 Å². The van der Waals surface area contributed by atoms with Crippen LogP contribution in [0.5, 0.6) is 11.5 Å². The van der Waals surface area contributed by atoms with Gasteiger partial charge < -0.3 is 19.9 Å². The van der Waals surface area contributed by atoms with Crippen molar-refractivity contribution in [3.8, 4) is 11.5 Å². The average Bonchev–Trinajstić information content (AvgIpc) is 3.42. The fourth-order valence-corrected chi connectivity index (χ4v) is 8.39. The fourth-order valence-electron chi connectivity index (χ4n) is 8.22. The Balaban J connectivity index is 1.36. The second kappa shape index (κ2) is 11.0.